The molecule has 25 heavy (non-hydrogen) atoms. The van der Waals surface area contributed by atoms with Crippen molar-refractivity contribution < 1.29 is 14.2 Å². The van der Waals surface area contributed by atoms with Gasteiger partial charge in [0.05, 0.1) is 39.1 Å². The number of hydrogen-bond donors (Lipinski definition) is 2. The summed E-state index contributed by atoms with van der Waals surface area (Å²) in [5, 5.41) is 6.66. The van der Waals surface area contributed by atoms with Crippen molar-refractivity contribution in [3.63, 3.8) is 0 Å². The molecule has 146 valence electrons. The van der Waals surface area contributed by atoms with Crippen molar-refractivity contribution in [1.29, 1.82) is 0 Å². The molecule has 2 aliphatic heterocycles. The molecular formula is C18H36N4O3. The largest absolute Gasteiger partial charge is 0.379 e. The van der Waals surface area contributed by atoms with Gasteiger partial charge in [-0.3, -0.25) is 9.89 Å². The maximum Gasteiger partial charge on any atom is 0.191 e. The number of aliphatic imine (C=N–C) groups is 1. The second-order valence-corrected chi connectivity index (χ2v) is 7.24. The van der Waals surface area contributed by atoms with Crippen molar-refractivity contribution in [3.05, 3.63) is 0 Å². The Labute approximate surface area is 152 Å². The number of morpholine rings is 1. The third kappa shape index (κ3) is 7.48. The van der Waals surface area contributed by atoms with Crippen LogP contribution in [0.2, 0.25) is 0 Å². The lowest BCUT2D eigenvalue weighted by Gasteiger charge is -2.39. The lowest BCUT2D eigenvalue weighted by atomic mass is 10.0. The van der Waals surface area contributed by atoms with E-state index in [1.807, 2.05) is 0 Å². The standard InChI is InChI=1S/C18H36N4O3/c1-4-19-17(20-7-11-24-14-16-6-5-10-25-16)21-15-18(2,3)22-8-12-23-13-9-22/h16H,4-15H2,1-3H3,(H2,19,20,21). The summed E-state index contributed by atoms with van der Waals surface area (Å²) in [5.41, 5.74) is 0.0302. The molecule has 2 heterocycles. The van der Waals surface area contributed by atoms with Crippen molar-refractivity contribution >= 4 is 5.96 Å². The highest BCUT2D eigenvalue weighted by atomic mass is 16.5. The van der Waals surface area contributed by atoms with Crippen LogP contribution in [0.15, 0.2) is 4.99 Å². The Morgan fingerprint density at radius 2 is 2.04 bits per heavy atom. The summed E-state index contributed by atoms with van der Waals surface area (Å²) >= 11 is 0. The first-order chi connectivity index (χ1) is 12.1. The first-order valence-electron chi connectivity index (χ1n) is 9.66. The Bertz CT molecular complexity index is 392. The van der Waals surface area contributed by atoms with E-state index in [4.69, 9.17) is 19.2 Å². The number of nitrogens with zero attached hydrogens (tertiary/aromatic N) is 2. The Kier molecular flexibility index (Phi) is 8.95. The summed E-state index contributed by atoms with van der Waals surface area (Å²) in [4.78, 5) is 7.22. The molecule has 0 saturated carbocycles. The highest BCUT2D eigenvalue weighted by molar-refractivity contribution is 5.79. The molecule has 2 fully saturated rings. The summed E-state index contributed by atoms with van der Waals surface area (Å²) in [5.74, 6) is 0.851. The molecule has 0 amide bonds. The molecule has 0 aromatic heterocycles. The van der Waals surface area contributed by atoms with Gasteiger partial charge >= 0.3 is 0 Å². The molecule has 2 saturated heterocycles. The minimum absolute atomic E-state index is 0.0302. The van der Waals surface area contributed by atoms with Crippen LogP contribution in [0.5, 0.6) is 0 Å². The van der Waals surface area contributed by atoms with Crippen molar-refractivity contribution in [1.82, 2.24) is 15.5 Å². The van der Waals surface area contributed by atoms with E-state index in [1.54, 1.807) is 0 Å². The van der Waals surface area contributed by atoms with Crippen LogP contribution in [0, 0.1) is 0 Å². The summed E-state index contributed by atoms with van der Waals surface area (Å²) in [6.45, 7) is 14.7. The molecule has 1 unspecified atom stereocenters. The highest BCUT2D eigenvalue weighted by Crippen LogP contribution is 2.16. The smallest absolute Gasteiger partial charge is 0.191 e. The minimum Gasteiger partial charge on any atom is -0.379 e. The maximum absolute atomic E-state index is 5.69. The highest BCUT2D eigenvalue weighted by Gasteiger charge is 2.28. The zero-order chi connectivity index (χ0) is 18.0. The van der Waals surface area contributed by atoms with Crippen molar-refractivity contribution in [2.24, 2.45) is 4.99 Å². The number of rotatable bonds is 9. The van der Waals surface area contributed by atoms with Gasteiger partial charge in [-0.05, 0) is 33.6 Å². The van der Waals surface area contributed by atoms with Crippen LogP contribution >= 0.6 is 0 Å². The van der Waals surface area contributed by atoms with Gasteiger partial charge in [0.25, 0.3) is 0 Å². The molecule has 2 N–H and O–H groups in total. The number of guanidine groups is 1. The van der Waals surface area contributed by atoms with Crippen LogP contribution in [-0.4, -0.2) is 88.3 Å². The fraction of sp³-hybridized carbons (Fsp3) is 0.944. The molecule has 0 bridgehead atoms. The van der Waals surface area contributed by atoms with Crippen LogP contribution in [0.4, 0.5) is 0 Å². The van der Waals surface area contributed by atoms with Gasteiger partial charge in [0.15, 0.2) is 5.96 Å². The second kappa shape index (κ2) is 11.0. The van der Waals surface area contributed by atoms with E-state index in [0.29, 0.717) is 13.2 Å². The topological polar surface area (TPSA) is 67.4 Å². The van der Waals surface area contributed by atoms with Crippen molar-refractivity contribution in [3.8, 4) is 0 Å². The Morgan fingerprint density at radius 1 is 1.24 bits per heavy atom. The first kappa shape index (κ1) is 20.4. The van der Waals surface area contributed by atoms with Gasteiger partial charge < -0.3 is 24.8 Å². The van der Waals surface area contributed by atoms with Crippen LogP contribution in [-0.2, 0) is 14.2 Å². The van der Waals surface area contributed by atoms with Crippen LogP contribution in [0.1, 0.15) is 33.6 Å². The molecule has 7 heteroatoms. The molecule has 7 nitrogen and oxygen atoms in total. The van der Waals surface area contributed by atoms with Gasteiger partial charge in [0.1, 0.15) is 0 Å². The molecule has 2 aliphatic rings. The van der Waals surface area contributed by atoms with E-state index in [0.717, 1.165) is 71.3 Å². The van der Waals surface area contributed by atoms with Gasteiger partial charge in [-0.15, -0.1) is 0 Å². The molecule has 0 aromatic carbocycles. The molecule has 0 aliphatic carbocycles. The van der Waals surface area contributed by atoms with Crippen molar-refractivity contribution in [2.75, 3.05) is 65.8 Å². The van der Waals surface area contributed by atoms with E-state index in [2.05, 4.69) is 36.3 Å². The Balaban J connectivity index is 1.69. The number of ether oxygens (including phenoxy) is 3. The molecule has 2 rings (SSSR count). The van der Waals surface area contributed by atoms with Gasteiger partial charge in [-0.25, -0.2) is 0 Å². The van der Waals surface area contributed by atoms with E-state index in [1.165, 1.54) is 0 Å². The average Bonchev–Trinajstić information content (AvgIpc) is 3.13. The monoisotopic (exact) mass is 356 g/mol. The predicted molar refractivity (Wildman–Crippen MR) is 100 cm³/mol. The second-order valence-electron chi connectivity index (χ2n) is 7.24. The van der Waals surface area contributed by atoms with E-state index < -0.39 is 0 Å². The number of hydrogen-bond acceptors (Lipinski definition) is 5. The summed E-state index contributed by atoms with van der Waals surface area (Å²) in [6.07, 6.45) is 2.56. The third-order valence-electron chi connectivity index (χ3n) is 4.70. The Hall–Kier alpha value is -0.890. The quantitative estimate of drug-likeness (QED) is 0.363. The third-order valence-corrected chi connectivity index (χ3v) is 4.70. The normalized spacial score (nSPS) is 23.0. The first-order valence-corrected chi connectivity index (χ1v) is 9.66. The molecule has 0 aromatic rings. The fourth-order valence-electron chi connectivity index (χ4n) is 3.12. The lowest BCUT2D eigenvalue weighted by Crippen LogP contribution is -2.52. The fourth-order valence-corrected chi connectivity index (χ4v) is 3.12. The Morgan fingerprint density at radius 3 is 2.72 bits per heavy atom. The zero-order valence-electron chi connectivity index (χ0n) is 16.2. The number of nitrogens with one attached hydrogen (secondary N) is 2. The lowest BCUT2D eigenvalue weighted by molar-refractivity contribution is -0.00684. The van der Waals surface area contributed by atoms with Crippen LogP contribution < -0.4 is 10.6 Å². The maximum atomic E-state index is 5.69. The van der Waals surface area contributed by atoms with E-state index in [-0.39, 0.29) is 11.6 Å². The van der Waals surface area contributed by atoms with Crippen molar-refractivity contribution in [2.45, 2.75) is 45.3 Å². The molecule has 0 spiro atoms. The van der Waals surface area contributed by atoms with E-state index in [9.17, 15) is 0 Å². The molecule has 0 radical (unpaired) electrons. The van der Waals surface area contributed by atoms with Gasteiger partial charge in [0, 0.05) is 38.3 Å². The molecular weight excluding hydrogens is 320 g/mol. The zero-order valence-corrected chi connectivity index (χ0v) is 16.2. The van der Waals surface area contributed by atoms with Gasteiger partial charge in [-0.2, -0.15) is 0 Å². The van der Waals surface area contributed by atoms with Gasteiger partial charge in [0.2, 0.25) is 0 Å². The molecule has 1 atom stereocenters. The van der Waals surface area contributed by atoms with E-state index >= 15 is 0 Å². The summed E-state index contributed by atoms with van der Waals surface area (Å²) < 4.78 is 16.7. The van der Waals surface area contributed by atoms with Crippen LogP contribution in [0.25, 0.3) is 0 Å². The predicted octanol–water partition coefficient (Wildman–Crippen LogP) is 0.848. The summed E-state index contributed by atoms with van der Waals surface area (Å²) in [7, 11) is 0. The average molecular weight is 357 g/mol. The SMILES string of the molecule is CCNC(=NCC(C)(C)N1CCOCC1)NCCOCC1CCCO1. The van der Waals surface area contributed by atoms with Crippen LogP contribution in [0.3, 0.4) is 0 Å². The summed E-state index contributed by atoms with van der Waals surface area (Å²) in [6, 6.07) is 0. The minimum atomic E-state index is 0.0302. The van der Waals surface area contributed by atoms with Gasteiger partial charge in [-0.1, -0.05) is 0 Å².